The average Bonchev–Trinajstić information content (AvgIpc) is 2.85. The molecule has 20 heavy (non-hydrogen) atoms. The zero-order valence-corrected chi connectivity index (χ0v) is 12.6. The first-order valence-corrected chi connectivity index (χ1v) is 8.21. The summed E-state index contributed by atoms with van der Waals surface area (Å²) in [6.45, 7) is 4.44. The Balaban J connectivity index is 2.01. The summed E-state index contributed by atoms with van der Waals surface area (Å²) in [6, 6.07) is 6.54. The van der Waals surface area contributed by atoms with Gasteiger partial charge in [0.2, 0.25) is 0 Å². The second-order valence-corrected chi connectivity index (χ2v) is 6.83. The van der Waals surface area contributed by atoms with Crippen molar-refractivity contribution in [3.8, 4) is 0 Å². The van der Waals surface area contributed by atoms with Crippen LogP contribution in [0, 0.1) is 6.92 Å². The third kappa shape index (κ3) is 3.60. The van der Waals surface area contributed by atoms with Crippen LogP contribution in [0.5, 0.6) is 0 Å². The molecule has 0 spiro atoms. The van der Waals surface area contributed by atoms with Crippen LogP contribution in [0.1, 0.15) is 18.4 Å². The molecule has 5 nitrogen and oxygen atoms in total. The smallest absolute Gasteiger partial charge is 0.376 e. The monoisotopic (exact) mass is 297 g/mol. The predicted octanol–water partition coefficient (Wildman–Crippen LogP) is 1.28. The number of hydrogen-bond donors (Lipinski definition) is 1. The number of nitrogens with zero attached hydrogens (tertiary/aromatic N) is 1. The number of rotatable bonds is 5. The Morgan fingerprint density at radius 2 is 2.05 bits per heavy atom. The van der Waals surface area contributed by atoms with Crippen molar-refractivity contribution in [1.29, 1.82) is 0 Å². The lowest BCUT2D eigenvalue weighted by molar-refractivity contribution is 0.224. The van der Waals surface area contributed by atoms with Gasteiger partial charge in [-0.2, -0.15) is 8.42 Å². The molecular weight excluding hydrogens is 277 g/mol. The highest BCUT2D eigenvalue weighted by Gasteiger charge is 2.31. The molecule has 1 aromatic carbocycles. The molecule has 1 saturated heterocycles. The summed E-state index contributed by atoms with van der Waals surface area (Å²) in [5.41, 5.74) is 1.00. The Labute approximate surface area is 120 Å². The second kappa shape index (κ2) is 6.26. The first-order valence-electron chi connectivity index (χ1n) is 6.80. The van der Waals surface area contributed by atoms with Crippen LogP contribution in [0.4, 0.5) is 0 Å². The lowest BCUT2D eigenvalue weighted by atomic mass is 9.84. The van der Waals surface area contributed by atoms with Crippen molar-refractivity contribution in [2.75, 3.05) is 13.2 Å². The Bertz CT molecular complexity index is 544. The molecule has 110 valence electrons. The topological polar surface area (TPSA) is 66.8 Å². The summed E-state index contributed by atoms with van der Waals surface area (Å²) in [7, 11) is -4.30. The molecule has 0 saturated carbocycles. The molecule has 0 amide bonds. The van der Waals surface area contributed by atoms with E-state index in [1.165, 1.54) is 0 Å². The van der Waals surface area contributed by atoms with Crippen LogP contribution < -0.4 is 0 Å². The standard InChI is InChI=1S/C13H20BNO4S/c1-11-5-7-13(8-6-11)20(17,18)19-10-12-4-3-9-15(12)14(2)16/h5-8,12,16H,3-4,9-10H2,1-2H3/t12-/m1/s1. The van der Waals surface area contributed by atoms with E-state index < -0.39 is 17.2 Å². The van der Waals surface area contributed by atoms with Crippen LogP contribution >= 0.6 is 0 Å². The van der Waals surface area contributed by atoms with Gasteiger partial charge in [-0.15, -0.1) is 0 Å². The van der Waals surface area contributed by atoms with E-state index in [1.807, 2.05) is 11.7 Å². The molecule has 0 aliphatic carbocycles. The highest BCUT2D eigenvalue weighted by molar-refractivity contribution is 7.86. The molecule has 1 heterocycles. The van der Waals surface area contributed by atoms with Gasteiger partial charge in [0.1, 0.15) is 0 Å². The SMILES string of the molecule is CB(O)N1CCC[C@@H]1COS(=O)(=O)c1ccc(C)cc1. The van der Waals surface area contributed by atoms with Crippen LogP contribution in [0.25, 0.3) is 0 Å². The third-order valence-corrected chi connectivity index (χ3v) is 4.92. The minimum Gasteiger partial charge on any atom is -0.437 e. The Kier molecular flexibility index (Phi) is 4.85. The molecule has 0 aromatic heterocycles. The van der Waals surface area contributed by atoms with E-state index in [0.29, 0.717) is 0 Å². The fraction of sp³-hybridized carbons (Fsp3) is 0.538. The molecule has 0 unspecified atom stereocenters. The fourth-order valence-corrected chi connectivity index (χ4v) is 3.41. The molecule has 1 aliphatic rings. The minimum atomic E-state index is -3.72. The Hall–Kier alpha value is -0.885. The van der Waals surface area contributed by atoms with Gasteiger partial charge in [0.15, 0.2) is 0 Å². The largest absolute Gasteiger partial charge is 0.437 e. The van der Waals surface area contributed by atoms with Crippen molar-refractivity contribution >= 4 is 17.2 Å². The van der Waals surface area contributed by atoms with Crippen LogP contribution in [-0.2, 0) is 14.3 Å². The summed E-state index contributed by atoms with van der Waals surface area (Å²) in [5.74, 6) is 0. The van der Waals surface area contributed by atoms with Crippen molar-refractivity contribution in [2.24, 2.45) is 0 Å². The summed E-state index contributed by atoms with van der Waals surface area (Å²) < 4.78 is 29.3. The maximum atomic E-state index is 12.1. The normalized spacial score (nSPS) is 20.2. The highest BCUT2D eigenvalue weighted by atomic mass is 32.2. The van der Waals surface area contributed by atoms with Gasteiger partial charge in [0, 0.05) is 6.04 Å². The van der Waals surface area contributed by atoms with E-state index in [-0.39, 0.29) is 17.5 Å². The first-order chi connectivity index (χ1) is 9.40. The van der Waals surface area contributed by atoms with Crippen molar-refractivity contribution in [1.82, 2.24) is 4.81 Å². The van der Waals surface area contributed by atoms with Gasteiger partial charge in [-0.1, -0.05) is 17.7 Å². The van der Waals surface area contributed by atoms with Gasteiger partial charge in [0.05, 0.1) is 11.5 Å². The first kappa shape index (κ1) is 15.5. The summed E-state index contributed by atoms with van der Waals surface area (Å²) >= 11 is 0. The van der Waals surface area contributed by atoms with E-state index in [4.69, 9.17) is 4.18 Å². The van der Waals surface area contributed by atoms with Crippen LogP contribution in [0.2, 0.25) is 6.82 Å². The molecule has 1 aromatic rings. The molecule has 1 atom stereocenters. The van der Waals surface area contributed by atoms with Gasteiger partial charge < -0.3 is 9.83 Å². The zero-order valence-electron chi connectivity index (χ0n) is 11.8. The van der Waals surface area contributed by atoms with Crippen molar-refractivity contribution in [3.05, 3.63) is 29.8 Å². The average molecular weight is 297 g/mol. The number of hydrogen-bond acceptors (Lipinski definition) is 5. The molecule has 1 aliphatic heterocycles. The van der Waals surface area contributed by atoms with E-state index >= 15 is 0 Å². The van der Waals surface area contributed by atoms with Crippen LogP contribution in [0.3, 0.4) is 0 Å². The molecule has 1 N–H and O–H groups in total. The second-order valence-electron chi connectivity index (χ2n) is 5.22. The summed E-state index contributed by atoms with van der Waals surface area (Å²) in [6.07, 6.45) is 1.79. The van der Waals surface area contributed by atoms with E-state index in [0.717, 1.165) is 24.9 Å². The quantitative estimate of drug-likeness (QED) is 0.655. The van der Waals surface area contributed by atoms with Gasteiger partial charge in [-0.25, -0.2) is 0 Å². The van der Waals surface area contributed by atoms with Crippen LogP contribution in [0.15, 0.2) is 29.2 Å². The van der Waals surface area contributed by atoms with Gasteiger partial charge >= 0.3 is 7.05 Å². The lowest BCUT2D eigenvalue weighted by Gasteiger charge is -2.24. The molecule has 1 fully saturated rings. The molecule has 2 rings (SSSR count). The van der Waals surface area contributed by atoms with Crippen molar-refractivity contribution in [2.45, 2.75) is 37.5 Å². The maximum absolute atomic E-state index is 12.1. The van der Waals surface area contributed by atoms with Crippen molar-refractivity contribution < 1.29 is 17.6 Å². The Morgan fingerprint density at radius 1 is 1.40 bits per heavy atom. The van der Waals surface area contributed by atoms with Gasteiger partial charge in [0.25, 0.3) is 10.1 Å². The minimum absolute atomic E-state index is 0.0461. The molecule has 0 radical (unpaired) electrons. The van der Waals surface area contributed by atoms with Crippen molar-refractivity contribution in [3.63, 3.8) is 0 Å². The zero-order chi connectivity index (χ0) is 14.8. The predicted molar refractivity (Wildman–Crippen MR) is 77.9 cm³/mol. The summed E-state index contributed by atoms with van der Waals surface area (Å²) in [5, 5.41) is 9.62. The van der Waals surface area contributed by atoms with E-state index in [2.05, 4.69) is 0 Å². The fourth-order valence-electron chi connectivity index (χ4n) is 2.47. The lowest BCUT2D eigenvalue weighted by Crippen LogP contribution is -2.43. The molecule has 7 heteroatoms. The van der Waals surface area contributed by atoms with E-state index in [9.17, 15) is 13.4 Å². The van der Waals surface area contributed by atoms with Crippen LogP contribution in [-0.4, -0.2) is 44.5 Å². The van der Waals surface area contributed by atoms with E-state index in [1.54, 1.807) is 31.1 Å². The summed E-state index contributed by atoms with van der Waals surface area (Å²) in [4.78, 5) is 2.04. The van der Waals surface area contributed by atoms with Gasteiger partial charge in [-0.3, -0.25) is 4.18 Å². The third-order valence-electron chi connectivity index (χ3n) is 3.63. The maximum Gasteiger partial charge on any atom is 0.376 e. The molecule has 0 bridgehead atoms. The Morgan fingerprint density at radius 3 is 2.65 bits per heavy atom. The molecular formula is C13H20BNO4S. The van der Waals surface area contributed by atoms with Gasteiger partial charge in [-0.05, 0) is 45.3 Å². The highest BCUT2D eigenvalue weighted by Crippen LogP contribution is 2.20. The number of benzene rings is 1. The number of aryl methyl sites for hydroxylation is 1.